The van der Waals surface area contributed by atoms with Crippen molar-refractivity contribution >= 4 is 23.5 Å². The number of nitrogens with one attached hydrogen (secondary N) is 2. The van der Waals surface area contributed by atoms with Crippen molar-refractivity contribution in [2.75, 3.05) is 19.0 Å². The number of hydrogen-bond acceptors (Lipinski definition) is 4. The average molecular weight is 320 g/mol. The average Bonchev–Trinajstić information content (AvgIpc) is 2.53. The number of para-hydroxylation sites is 1. The molecule has 0 aliphatic carbocycles. The summed E-state index contributed by atoms with van der Waals surface area (Å²) in [5, 5.41) is 14.2. The molecule has 124 valence electrons. The van der Waals surface area contributed by atoms with Crippen molar-refractivity contribution in [2.45, 2.75) is 25.4 Å². The van der Waals surface area contributed by atoms with E-state index < -0.39 is 12.1 Å². The zero-order chi connectivity index (χ0) is 16.8. The minimum atomic E-state index is -1.13. The molecular formula is C16H20N2O5. The van der Waals surface area contributed by atoms with Gasteiger partial charge in [0.1, 0.15) is 0 Å². The fourth-order valence-electron chi connectivity index (χ4n) is 2.52. The van der Waals surface area contributed by atoms with Gasteiger partial charge >= 0.3 is 5.97 Å². The van der Waals surface area contributed by atoms with Crippen LogP contribution in [0.5, 0.6) is 0 Å². The number of carboxylic acids is 1. The van der Waals surface area contributed by atoms with E-state index in [1.807, 2.05) is 24.3 Å². The lowest BCUT2D eigenvalue weighted by Gasteiger charge is -2.24. The van der Waals surface area contributed by atoms with Gasteiger partial charge in [0.25, 0.3) is 0 Å². The lowest BCUT2D eigenvalue weighted by atomic mass is 9.89. The molecule has 1 aromatic rings. The van der Waals surface area contributed by atoms with E-state index in [0.29, 0.717) is 12.8 Å². The second kappa shape index (κ2) is 7.73. The van der Waals surface area contributed by atoms with Crippen LogP contribution < -0.4 is 10.6 Å². The Morgan fingerprint density at radius 3 is 2.87 bits per heavy atom. The van der Waals surface area contributed by atoms with Gasteiger partial charge < -0.3 is 20.5 Å². The van der Waals surface area contributed by atoms with Crippen molar-refractivity contribution < 1.29 is 24.2 Å². The quantitative estimate of drug-likeness (QED) is 0.689. The second-order valence-electron chi connectivity index (χ2n) is 5.45. The molecule has 2 rings (SSSR count). The summed E-state index contributed by atoms with van der Waals surface area (Å²) in [6.45, 7) is -0.0929. The molecule has 23 heavy (non-hydrogen) atoms. The van der Waals surface area contributed by atoms with Crippen LogP contribution in [-0.2, 0) is 25.5 Å². The number of hydrogen-bond donors (Lipinski definition) is 3. The van der Waals surface area contributed by atoms with Gasteiger partial charge in [-0.1, -0.05) is 18.2 Å². The van der Waals surface area contributed by atoms with Crippen LogP contribution in [0, 0.1) is 5.92 Å². The number of amides is 2. The van der Waals surface area contributed by atoms with Gasteiger partial charge in [-0.2, -0.15) is 0 Å². The van der Waals surface area contributed by atoms with E-state index in [9.17, 15) is 14.4 Å². The molecule has 3 N–H and O–H groups in total. The molecule has 0 saturated heterocycles. The van der Waals surface area contributed by atoms with E-state index in [1.165, 1.54) is 7.11 Å². The Kier molecular flexibility index (Phi) is 5.70. The Bertz CT molecular complexity index is 602. The van der Waals surface area contributed by atoms with E-state index >= 15 is 0 Å². The molecular weight excluding hydrogens is 300 g/mol. The molecule has 2 amide bonds. The normalized spacial score (nSPS) is 17.8. The first-order valence-electron chi connectivity index (χ1n) is 7.42. The van der Waals surface area contributed by atoms with Crippen molar-refractivity contribution in [1.82, 2.24) is 5.32 Å². The second-order valence-corrected chi connectivity index (χ2v) is 5.45. The van der Waals surface area contributed by atoms with Gasteiger partial charge in [-0.15, -0.1) is 0 Å². The number of fused-ring (bicyclic) bond motifs is 1. The maximum Gasteiger partial charge on any atom is 0.334 e. The van der Waals surface area contributed by atoms with Gasteiger partial charge in [0.15, 0.2) is 6.10 Å². The summed E-state index contributed by atoms with van der Waals surface area (Å²) in [6, 6.07) is 7.59. The highest BCUT2D eigenvalue weighted by molar-refractivity contribution is 5.96. The van der Waals surface area contributed by atoms with Gasteiger partial charge in [0.05, 0.1) is 6.54 Å². The largest absolute Gasteiger partial charge is 0.479 e. The first-order valence-corrected chi connectivity index (χ1v) is 7.42. The summed E-state index contributed by atoms with van der Waals surface area (Å²) < 4.78 is 4.73. The molecule has 0 fully saturated rings. The van der Waals surface area contributed by atoms with Crippen molar-refractivity contribution in [3.63, 3.8) is 0 Å². The summed E-state index contributed by atoms with van der Waals surface area (Å²) >= 11 is 0. The third-order valence-corrected chi connectivity index (χ3v) is 3.88. The first kappa shape index (κ1) is 17.0. The number of carboxylic acid groups (broad SMARTS) is 1. The van der Waals surface area contributed by atoms with Crippen LogP contribution in [0.4, 0.5) is 5.69 Å². The first-order chi connectivity index (χ1) is 11.0. The standard InChI is InChI=1S/C16H20N2O5/c1-23-13(16(21)22)9-17-14(19)7-6-11-8-10-4-2-3-5-12(10)18-15(11)20/h2-5,11,13H,6-9H2,1H3,(H,17,19)(H,18,20)(H,21,22). The van der Waals surface area contributed by atoms with E-state index in [4.69, 9.17) is 9.84 Å². The molecule has 1 aliphatic heterocycles. The Morgan fingerprint density at radius 1 is 1.43 bits per heavy atom. The molecule has 7 nitrogen and oxygen atoms in total. The Labute approximate surface area is 134 Å². The summed E-state index contributed by atoms with van der Waals surface area (Å²) in [5.74, 6) is -1.76. The Hall–Kier alpha value is -2.41. The highest BCUT2D eigenvalue weighted by Crippen LogP contribution is 2.27. The maximum atomic E-state index is 12.0. The molecule has 0 bridgehead atoms. The summed E-state index contributed by atoms with van der Waals surface area (Å²) in [5.41, 5.74) is 1.88. The lowest BCUT2D eigenvalue weighted by Crippen LogP contribution is -2.38. The maximum absolute atomic E-state index is 12.0. The molecule has 0 aromatic heterocycles. The monoisotopic (exact) mass is 320 g/mol. The minimum Gasteiger partial charge on any atom is -0.479 e. The molecule has 0 saturated carbocycles. The fraction of sp³-hybridized carbons (Fsp3) is 0.438. The SMILES string of the molecule is COC(CNC(=O)CCC1Cc2ccccc2NC1=O)C(=O)O. The summed E-state index contributed by atoms with van der Waals surface area (Å²) in [7, 11) is 1.27. The van der Waals surface area contributed by atoms with Crippen molar-refractivity contribution in [1.29, 1.82) is 0 Å². The third-order valence-electron chi connectivity index (χ3n) is 3.88. The zero-order valence-electron chi connectivity index (χ0n) is 12.9. The van der Waals surface area contributed by atoms with Crippen LogP contribution in [0.3, 0.4) is 0 Å². The van der Waals surface area contributed by atoms with Crippen LogP contribution in [0.15, 0.2) is 24.3 Å². The van der Waals surface area contributed by atoms with Crippen molar-refractivity contribution in [2.24, 2.45) is 5.92 Å². The zero-order valence-corrected chi connectivity index (χ0v) is 12.9. The molecule has 0 radical (unpaired) electrons. The van der Waals surface area contributed by atoms with Crippen molar-refractivity contribution in [3.8, 4) is 0 Å². The predicted octanol–water partition coefficient (Wildman–Crippen LogP) is 0.793. The van der Waals surface area contributed by atoms with Gasteiger partial charge in [-0.3, -0.25) is 9.59 Å². The number of carbonyl (C=O) groups excluding carboxylic acids is 2. The molecule has 0 spiro atoms. The topological polar surface area (TPSA) is 105 Å². The Morgan fingerprint density at radius 2 is 2.17 bits per heavy atom. The van der Waals surface area contributed by atoms with Crippen LogP contribution in [-0.4, -0.2) is 42.6 Å². The Balaban J connectivity index is 1.81. The number of rotatable bonds is 7. The number of methoxy groups -OCH3 is 1. The molecule has 1 heterocycles. The number of benzene rings is 1. The number of ether oxygens (including phenoxy) is 1. The number of anilines is 1. The van der Waals surface area contributed by atoms with Gasteiger partial charge in [0, 0.05) is 25.1 Å². The van der Waals surface area contributed by atoms with Gasteiger partial charge in [-0.25, -0.2) is 4.79 Å². The highest BCUT2D eigenvalue weighted by Gasteiger charge is 2.26. The van der Waals surface area contributed by atoms with E-state index in [2.05, 4.69) is 10.6 Å². The van der Waals surface area contributed by atoms with Gasteiger partial charge in [-0.05, 0) is 24.5 Å². The van der Waals surface area contributed by atoms with E-state index in [-0.39, 0.29) is 30.7 Å². The van der Waals surface area contributed by atoms with Crippen LogP contribution in [0.1, 0.15) is 18.4 Å². The lowest BCUT2D eigenvalue weighted by molar-refractivity contribution is -0.148. The number of carbonyl (C=O) groups is 3. The predicted molar refractivity (Wildman–Crippen MR) is 82.9 cm³/mol. The minimum absolute atomic E-state index is 0.0863. The highest BCUT2D eigenvalue weighted by atomic mass is 16.5. The smallest absolute Gasteiger partial charge is 0.334 e. The van der Waals surface area contributed by atoms with E-state index in [0.717, 1.165) is 11.3 Å². The van der Waals surface area contributed by atoms with E-state index in [1.54, 1.807) is 0 Å². The third kappa shape index (κ3) is 4.53. The molecule has 1 aliphatic rings. The molecule has 2 atom stereocenters. The number of aliphatic carboxylic acids is 1. The molecule has 7 heteroatoms. The van der Waals surface area contributed by atoms with Crippen LogP contribution in [0.2, 0.25) is 0 Å². The van der Waals surface area contributed by atoms with Crippen molar-refractivity contribution in [3.05, 3.63) is 29.8 Å². The molecule has 1 aromatic carbocycles. The van der Waals surface area contributed by atoms with Gasteiger partial charge in [0.2, 0.25) is 11.8 Å². The van der Waals surface area contributed by atoms with Crippen LogP contribution in [0.25, 0.3) is 0 Å². The summed E-state index contributed by atoms with van der Waals surface area (Å²) in [4.78, 5) is 34.6. The fourth-order valence-corrected chi connectivity index (χ4v) is 2.52. The summed E-state index contributed by atoms with van der Waals surface area (Å²) in [6.07, 6.45) is 0.113. The molecule has 2 unspecified atom stereocenters. The van der Waals surface area contributed by atoms with Crippen LogP contribution >= 0.6 is 0 Å².